The fraction of sp³-hybridized carbons (Fsp3) is 0.692. The molecule has 1 N–H and O–H groups in total. The summed E-state index contributed by atoms with van der Waals surface area (Å²) >= 11 is 0. The van der Waals surface area contributed by atoms with Gasteiger partial charge in [-0.15, -0.1) is 0 Å². The minimum atomic E-state index is 0.531. The Morgan fingerprint density at radius 1 is 1.33 bits per heavy atom. The van der Waals surface area contributed by atoms with Crippen LogP contribution in [0.1, 0.15) is 25.8 Å². The quantitative estimate of drug-likeness (QED) is 0.851. The summed E-state index contributed by atoms with van der Waals surface area (Å²) in [5, 5.41) is 3.43. The van der Waals surface area contributed by atoms with Crippen molar-refractivity contribution >= 4 is 5.95 Å². The summed E-state index contributed by atoms with van der Waals surface area (Å²) in [4.78, 5) is 11.0. The molecule has 5 nitrogen and oxygen atoms in total. The van der Waals surface area contributed by atoms with Gasteiger partial charge in [0.15, 0.2) is 0 Å². The predicted octanol–water partition coefficient (Wildman–Crippen LogP) is 1.20. The second kappa shape index (κ2) is 6.66. The highest BCUT2D eigenvalue weighted by atomic mass is 16.5. The van der Waals surface area contributed by atoms with E-state index < -0.39 is 0 Å². The summed E-state index contributed by atoms with van der Waals surface area (Å²) < 4.78 is 5.31. The van der Waals surface area contributed by atoms with Crippen molar-refractivity contribution in [2.45, 2.75) is 32.9 Å². The summed E-state index contributed by atoms with van der Waals surface area (Å²) in [5.41, 5.74) is 1.13. The highest BCUT2D eigenvalue weighted by Gasteiger charge is 2.13. The van der Waals surface area contributed by atoms with E-state index in [1.807, 2.05) is 12.4 Å². The molecule has 0 bridgehead atoms. The fourth-order valence-electron chi connectivity index (χ4n) is 1.80. The summed E-state index contributed by atoms with van der Waals surface area (Å²) in [6.07, 6.45) is 4.95. The van der Waals surface area contributed by atoms with Crippen molar-refractivity contribution < 1.29 is 4.74 Å². The van der Waals surface area contributed by atoms with Crippen LogP contribution in [0.25, 0.3) is 0 Å². The molecule has 0 unspecified atom stereocenters. The lowest BCUT2D eigenvalue weighted by Crippen LogP contribution is -2.37. The smallest absolute Gasteiger partial charge is 0.225 e. The average Bonchev–Trinajstić information content (AvgIpc) is 2.46. The van der Waals surface area contributed by atoms with Crippen LogP contribution in [0, 0.1) is 0 Å². The number of hydrogen-bond donors (Lipinski definition) is 1. The van der Waals surface area contributed by atoms with E-state index in [1.54, 1.807) is 0 Å². The number of ether oxygens (including phenoxy) is 1. The SMILES string of the molecule is CC[C@H](C)NCc1cnc(N2CCOCC2)nc1. The number of nitrogens with zero attached hydrogens (tertiary/aromatic N) is 3. The Morgan fingerprint density at radius 2 is 2.00 bits per heavy atom. The van der Waals surface area contributed by atoms with E-state index >= 15 is 0 Å². The van der Waals surface area contributed by atoms with Gasteiger partial charge in [-0.25, -0.2) is 9.97 Å². The molecule has 1 atom stereocenters. The van der Waals surface area contributed by atoms with E-state index in [0.29, 0.717) is 6.04 Å². The third kappa shape index (κ3) is 3.65. The van der Waals surface area contributed by atoms with E-state index in [9.17, 15) is 0 Å². The molecule has 1 fully saturated rings. The van der Waals surface area contributed by atoms with Crippen molar-refractivity contribution in [3.63, 3.8) is 0 Å². The molecule has 0 aromatic carbocycles. The molecule has 0 amide bonds. The number of nitrogens with one attached hydrogen (secondary N) is 1. The summed E-state index contributed by atoms with van der Waals surface area (Å²) in [7, 11) is 0. The van der Waals surface area contributed by atoms with Crippen LogP contribution >= 0.6 is 0 Å². The van der Waals surface area contributed by atoms with Crippen LogP contribution in [0.15, 0.2) is 12.4 Å². The summed E-state index contributed by atoms with van der Waals surface area (Å²) in [5.74, 6) is 0.811. The van der Waals surface area contributed by atoms with Gasteiger partial charge in [0.25, 0.3) is 0 Å². The third-order valence-electron chi connectivity index (χ3n) is 3.25. The monoisotopic (exact) mass is 250 g/mol. The summed E-state index contributed by atoms with van der Waals surface area (Å²) in [6.45, 7) is 8.48. The second-order valence-corrected chi connectivity index (χ2v) is 4.68. The van der Waals surface area contributed by atoms with Crippen LogP contribution in [-0.2, 0) is 11.3 Å². The van der Waals surface area contributed by atoms with Crippen molar-refractivity contribution in [3.8, 4) is 0 Å². The van der Waals surface area contributed by atoms with Crippen molar-refractivity contribution in [2.75, 3.05) is 31.2 Å². The molecule has 1 aliphatic rings. The van der Waals surface area contributed by atoms with Crippen LogP contribution in [0.2, 0.25) is 0 Å². The minimum Gasteiger partial charge on any atom is -0.378 e. The lowest BCUT2D eigenvalue weighted by atomic mass is 10.2. The second-order valence-electron chi connectivity index (χ2n) is 4.68. The van der Waals surface area contributed by atoms with Crippen molar-refractivity contribution in [1.82, 2.24) is 15.3 Å². The topological polar surface area (TPSA) is 50.3 Å². The zero-order valence-corrected chi connectivity index (χ0v) is 11.2. The van der Waals surface area contributed by atoms with Crippen LogP contribution in [-0.4, -0.2) is 42.3 Å². The normalized spacial score (nSPS) is 17.8. The highest BCUT2D eigenvalue weighted by molar-refractivity contribution is 5.30. The zero-order chi connectivity index (χ0) is 12.8. The molecular weight excluding hydrogens is 228 g/mol. The van der Waals surface area contributed by atoms with Crippen molar-refractivity contribution in [3.05, 3.63) is 18.0 Å². The maximum absolute atomic E-state index is 5.31. The number of anilines is 1. The average molecular weight is 250 g/mol. The Labute approximate surface area is 109 Å². The Hall–Kier alpha value is -1.20. The van der Waals surface area contributed by atoms with Gasteiger partial charge in [-0.05, 0) is 13.3 Å². The molecule has 0 aliphatic carbocycles. The first kappa shape index (κ1) is 13.2. The standard InChI is InChI=1S/C13H22N4O/c1-3-11(2)14-8-12-9-15-13(16-10-12)17-4-6-18-7-5-17/h9-11,14H,3-8H2,1-2H3/t11-/m0/s1. The molecule has 1 aromatic rings. The maximum atomic E-state index is 5.31. The molecule has 0 radical (unpaired) electrons. The van der Waals surface area contributed by atoms with Gasteiger partial charge in [-0.1, -0.05) is 6.92 Å². The Balaban J connectivity index is 1.88. The van der Waals surface area contributed by atoms with Crippen LogP contribution in [0.4, 0.5) is 5.95 Å². The van der Waals surface area contributed by atoms with Crippen LogP contribution in [0.5, 0.6) is 0 Å². The van der Waals surface area contributed by atoms with Gasteiger partial charge in [0.1, 0.15) is 0 Å². The molecule has 0 spiro atoms. The highest BCUT2D eigenvalue weighted by Crippen LogP contribution is 2.09. The molecule has 1 aliphatic heterocycles. The molecule has 18 heavy (non-hydrogen) atoms. The molecule has 1 saturated heterocycles. The molecule has 1 aromatic heterocycles. The van der Waals surface area contributed by atoms with Crippen LogP contribution in [0.3, 0.4) is 0 Å². The van der Waals surface area contributed by atoms with E-state index in [4.69, 9.17) is 4.74 Å². The van der Waals surface area contributed by atoms with Gasteiger partial charge >= 0.3 is 0 Å². The first-order valence-electron chi connectivity index (χ1n) is 6.66. The van der Waals surface area contributed by atoms with Crippen molar-refractivity contribution in [1.29, 1.82) is 0 Å². The lowest BCUT2D eigenvalue weighted by molar-refractivity contribution is 0.122. The number of hydrogen-bond acceptors (Lipinski definition) is 5. The molecular formula is C13H22N4O. The van der Waals surface area contributed by atoms with Gasteiger partial charge < -0.3 is 15.0 Å². The van der Waals surface area contributed by atoms with Crippen molar-refractivity contribution in [2.24, 2.45) is 0 Å². The van der Waals surface area contributed by atoms with Gasteiger partial charge in [0.2, 0.25) is 5.95 Å². The third-order valence-corrected chi connectivity index (χ3v) is 3.25. The number of morpholine rings is 1. The Kier molecular flexibility index (Phi) is 4.90. The van der Waals surface area contributed by atoms with Gasteiger partial charge in [-0.3, -0.25) is 0 Å². The maximum Gasteiger partial charge on any atom is 0.225 e. The van der Waals surface area contributed by atoms with Crippen LogP contribution < -0.4 is 10.2 Å². The Morgan fingerprint density at radius 3 is 2.61 bits per heavy atom. The lowest BCUT2D eigenvalue weighted by Gasteiger charge is -2.26. The number of aromatic nitrogens is 2. The minimum absolute atomic E-state index is 0.531. The first-order valence-corrected chi connectivity index (χ1v) is 6.66. The van der Waals surface area contributed by atoms with E-state index in [-0.39, 0.29) is 0 Å². The van der Waals surface area contributed by atoms with Gasteiger partial charge in [-0.2, -0.15) is 0 Å². The zero-order valence-electron chi connectivity index (χ0n) is 11.2. The van der Waals surface area contributed by atoms with E-state index in [2.05, 4.69) is 34.0 Å². The summed E-state index contributed by atoms with van der Waals surface area (Å²) in [6, 6.07) is 0.531. The van der Waals surface area contributed by atoms with Gasteiger partial charge in [0.05, 0.1) is 13.2 Å². The first-order chi connectivity index (χ1) is 8.79. The van der Waals surface area contributed by atoms with E-state index in [0.717, 1.165) is 50.8 Å². The van der Waals surface area contributed by atoms with E-state index in [1.165, 1.54) is 0 Å². The Bertz CT molecular complexity index is 349. The largest absolute Gasteiger partial charge is 0.378 e. The number of rotatable bonds is 5. The molecule has 5 heteroatoms. The molecule has 0 saturated carbocycles. The molecule has 2 rings (SSSR count). The predicted molar refractivity (Wildman–Crippen MR) is 71.7 cm³/mol. The fourth-order valence-corrected chi connectivity index (χ4v) is 1.80. The van der Waals surface area contributed by atoms with Gasteiger partial charge in [0, 0.05) is 43.6 Å². The molecule has 2 heterocycles. The molecule has 100 valence electrons.